The molecule has 1 fully saturated rings. The molecule has 0 spiro atoms. The van der Waals surface area contributed by atoms with Crippen molar-refractivity contribution in [2.45, 2.75) is 25.2 Å². The highest BCUT2D eigenvalue weighted by Gasteiger charge is 2.33. The molecule has 25 heavy (non-hydrogen) atoms. The fourth-order valence-electron chi connectivity index (χ4n) is 3.99. The van der Waals surface area contributed by atoms with Crippen LogP contribution < -0.4 is 0 Å². The molecular formula is C19H19N5O. The number of aromatic amines is 1. The van der Waals surface area contributed by atoms with Crippen LogP contribution in [0.25, 0.3) is 16.8 Å². The number of aromatic nitrogens is 5. The van der Waals surface area contributed by atoms with Crippen molar-refractivity contribution in [1.29, 1.82) is 0 Å². The number of hydrogen-bond acceptors (Lipinski definition) is 4. The van der Waals surface area contributed by atoms with Gasteiger partial charge in [0.1, 0.15) is 5.82 Å². The van der Waals surface area contributed by atoms with Crippen LogP contribution in [0, 0.1) is 6.92 Å². The Hall–Kier alpha value is -2.73. The van der Waals surface area contributed by atoms with Crippen molar-refractivity contribution < 1.29 is 4.74 Å². The molecule has 4 heterocycles. The summed E-state index contributed by atoms with van der Waals surface area (Å²) in [4.78, 5) is 7.59. The number of hydrogen-bond donors (Lipinski definition) is 1. The van der Waals surface area contributed by atoms with Gasteiger partial charge in [-0.2, -0.15) is 0 Å². The lowest BCUT2D eigenvalue weighted by Gasteiger charge is -2.31. The second-order valence-electron chi connectivity index (χ2n) is 6.65. The summed E-state index contributed by atoms with van der Waals surface area (Å²) in [5, 5.41) is 8.93. The van der Waals surface area contributed by atoms with E-state index in [-0.39, 0.29) is 11.8 Å². The van der Waals surface area contributed by atoms with Gasteiger partial charge in [0.25, 0.3) is 0 Å². The second kappa shape index (κ2) is 5.67. The van der Waals surface area contributed by atoms with Crippen molar-refractivity contribution in [3.63, 3.8) is 0 Å². The maximum absolute atomic E-state index is 5.83. The first-order chi connectivity index (χ1) is 12.3. The molecule has 126 valence electrons. The predicted molar refractivity (Wildman–Crippen MR) is 94.7 cm³/mol. The minimum Gasteiger partial charge on any atom is -0.381 e. The molecule has 1 N–H and O–H groups in total. The summed E-state index contributed by atoms with van der Waals surface area (Å²) in [6.45, 7) is 3.63. The molecule has 1 aromatic carbocycles. The van der Waals surface area contributed by atoms with Gasteiger partial charge in [0.2, 0.25) is 0 Å². The average Bonchev–Trinajstić information content (AvgIpc) is 3.28. The summed E-state index contributed by atoms with van der Waals surface area (Å²) in [5.41, 5.74) is 5.30. The molecule has 6 heteroatoms. The fourth-order valence-corrected chi connectivity index (χ4v) is 3.99. The molecule has 5 rings (SSSR count). The van der Waals surface area contributed by atoms with Gasteiger partial charge in [0.05, 0.1) is 18.3 Å². The molecule has 2 atom stereocenters. The molecule has 0 saturated carbocycles. The molecule has 1 aliphatic rings. The number of benzene rings is 1. The van der Waals surface area contributed by atoms with Crippen molar-refractivity contribution in [2.75, 3.05) is 13.2 Å². The van der Waals surface area contributed by atoms with Gasteiger partial charge in [-0.3, -0.25) is 4.40 Å². The van der Waals surface area contributed by atoms with E-state index in [2.05, 4.69) is 55.8 Å². The molecule has 2 unspecified atom stereocenters. The van der Waals surface area contributed by atoms with Crippen LogP contribution in [-0.2, 0) is 4.74 Å². The highest BCUT2D eigenvalue weighted by molar-refractivity contribution is 5.74. The van der Waals surface area contributed by atoms with Crippen molar-refractivity contribution in [3.8, 4) is 0 Å². The third kappa shape index (κ3) is 2.25. The molecule has 0 radical (unpaired) electrons. The number of aryl methyl sites for hydroxylation is 1. The quantitative estimate of drug-likeness (QED) is 0.612. The minimum absolute atomic E-state index is 0.269. The summed E-state index contributed by atoms with van der Waals surface area (Å²) in [6, 6.07) is 10.6. The first-order valence-corrected chi connectivity index (χ1v) is 8.63. The highest BCUT2D eigenvalue weighted by atomic mass is 16.5. The lowest BCUT2D eigenvalue weighted by molar-refractivity contribution is 0.0654. The van der Waals surface area contributed by atoms with E-state index in [0.29, 0.717) is 6.61 Å². The van der Waals surface area contributed by atoms with Crippen molar-refractivity contribution in [1.82, 2.24) is 24.6 Å². The molecule has 0 amide bonds. The Morgan fingerprint density at radius 3 is 3.00 bits per heavy atom. The van der Waals surface area contributed by atoms with Crippen molar-refractivity contribution in [3.05, 3.63) is 59.7 Å². The summed E-state index contributed by atoms with van der Waals surface area (Å²) in [6.07, 6.45) is 4.62. The average molecular weight is 333 g/mol. The lowest BCUT2D eigenvalue weighted by Crippen LogP contribution is -2.26. The zero-order chi connectivity index (χ0) is 16.8. The van der Waals surface area contributed by atoms with E-state index in [0.717, 1.165) is 35.7 Å². The Bertz CT molecular complexity index is 1050. The van der Waals surface area contributed by atoms with Crippen LogP contribution in [0.2, 0.25) is 0 Å². The smallest absolute Gasteiger partial charge is 0.179 e. The van der Waals surface area contributed by atoms with Gasteiger partial charge in [-0.15, -0.1) is 10.2 Å². The summed E-state index contributed by atoms with van der Waals surface area (Å²) < 4.78 is 7.97. The topological polar surface area (TPSA) is 68.1 Å². The monoisotopic (exact) mass is 333 g/mol. The Morgan fingerprint density at radius 2 is 2.08 bits per heavy atom. The van der Waals surface area contributed by atoms with Crippen molar-refractivity contribution in [2.24, 2.45) is 0 Å². The van der Waals surface area contributed by atoms with E-state index in [1.165, 1.54) is 11.1 Å². The fraction of sp³-hybridized carbons (Fsp3) is 0.316. The van der Waals surface area contributed by atoms with E-state index in [9.17, 15) is 0 Å². The number of ether oxygens (including phenoxy) is 1. The van der Waals surface area contributed by atoms with Gasteiger partial charge < -0.3 is 9.72 Å². The van der Waals surface area contributed by atoms with E-state index >= 15 is 0 Å². The molecule has 0 bridgehead atoms. The van der Waals surface area contributed by atoms with Gasteiger partial charge in [0, 0.05) is 24.6 Å². The van der Waals surface area contributed by atoms with Crippen molar-refractivity contribution >= 4 is 16.8 Å². The Morgan fingerprint density at radius 1 is 1.16 bits per heavy atom. The molecule has 0 aliphatic carbocycles. The summed E-state index contributed by atoms with van der Waals surface area (Å²) >= 11 is 0. The molecular weight excluding hydrogens is 314 g/mol. The number of fused-ring (bicyclic) bond motifs is 3. The van der Waals surface area contributed by atoms with Gasteiger partial charge in [-0.1, -0.05) is 24.3 Å². The van der Waals surface area contributed by atoms with Gasteiger partial charge >= 0.3 is 0 Å². The SMILES string of the molecule is Cc1ccccc1C1COCCC1c1nnc2cnc3[nH]ccc3n12. The van der Waals surface area contributed by atoms with E-state index in [1.807, 2.05) is 12.3 Å². The summed E-state index contributed by atoms with van der Waals surface area (Å²) in [5.74, 6) is 1.55. The van der Waals surface area contributed by atoms with Crippen LogP contribution in [-0.4, -0.2) is 37.8 Å². The first-order valence-electron chi connectivity index (χ1n) is 8.63. The van der Waals surface area contributed by atoms with E-state index in [1.54, 1.807) is 6.20 Å². The zero-order valence-corrected chi connectivity index (χ0v) is 14.0. The first kappa shape index (κ1) is 14.6. The molecule has 1 saturated heterocycles. The normalized spacial score (nSPS) is 21.2. The predicted octanol–water partition coefficient (Wildman–Crippen LogP) is 3.20. The van der Waals surface area contributed by atoms with Crippen LogP contribution in [0.5, 0.6) is 0 Å². The zero-order valence-electron chi connectivity index (χ0n) is 14.0. The second-order valence-corrected chi connectivity index (χ2v) is 6.65. The molecule has 1 aliphatic heterocycles. The Balaban J connectivity index is 1.69. The Labute approximate surface area is 144 Å². The lowest BCUT2D eigenvalue weighted by atomic mass is 9.81. The van der Waals surface area contributed by atoms with Crippen LogP contribution >= 0.6 is 0 Å². The number of H-pyrrole nitrogens is 1. The molecule has 4 aromatic rings. The van der Waals surface area contributed by atoms with Crippen LogP contribution in [0.3, 0.4) is 0 Å². The molecule has 3 aromatic heterocycles. The number of nitrogens with zero attached hydrogens (tertiary/aromatic N) is 4. The maximum atomic E-state index is 5.83. The van der Waals surface area contributed by atoms with Crippen LogP contribution in [0.4, 0.5) is 0 Å². The van der Waals surface area contributed by atoms with E-state index in [4.69, 9.17) is 4.74 Å². The van der Waals surface area contributed by atoms with Gasteiger partial charge in [-0.25, -0.2) is 4.98 Å². The third-order valence-electron chi connectivity index (χ3n) is 5.24. The van der Waals surface area contributed by atoms with E-state index < -0.39 is 0 Å². The van der Waals surface area contributed by atoms with Crippen LogP contribution in [0.15, 0.2) is 42.7 Å². The van der Waals surface area contributed by atoms with Crippen LogP contribution in [0.1, 0.15) is 35.2 Å². The third-order valence-corrected chi connectivity index (χ3v) is 5.24. The Kier molecular flexibility index (Phi) is 3.31. The standard InChI is InChI=1S/C19H19N5O/c1-12-4-2-3-5-13(12)15-11-25-9-7-14(15)19-23-22-17-10-21-18-16(24(17)19)6-8-20-18/h2-6,8,10,14-15,20H,7,9,11H2,1H3. The minimum atomic E-state index is 0.269. The maximum Gasteiger partial charge on any atom is 0.179 e. The summed E-state index contributed by atoms with van der Waals surface area (Å²) in [7, 11) is 0. The van der Waals surface area contributed by atoms with Gasteiger partial charge in [0.15, 0.2) is 11.3 Å². The highest BCUT2D eigenvalue weighted by Crippen LogP contribution is 2.39. The van der Waals surface area contributed by atoms with Gasteiger partial charge in [-0.05, 0) is 30.5 Å². The largest absolute Gasteiger partial charge is 0.381 e. The number of nitrogens with one attached hydrogen (secondary N) is 1. The number of rotatable bonds is 2. The molecule has 6 nitrogen and oxygen atoms in total.